The van der Waals surface area contributed by atoms with Crippen LogP contribution in [-0.2, 0) is 0 Å². The molecule has 2 N–H and O–H groups in total. The van der Waals surface area contributed by atoms with E-state index in [0.717, 1.165) is 0 Å². The van der Waals surface area contributed by atoms with Crippen molar-refractivity contribution in [1.29, 1.82) is 0 Å². The van der Waals surface area contributed by atoms with Gasteiger partial charge in [-0.15, -0.1) is 0 Å². The van der Waals surface area contributed by atoms with E-state index in [0.29, 0.717) is 17.9 Å². The number of halogens is 2. The lowest BCUT2D eigenvalue weighted by atomic mass is 10.2. The molecular formula is C18H18F2N4O. The monoisotopic (exact) mass is 344 g/mol. The van der Waals surface area contributed by atoms with Gasteiger partial charge in [-0.05, 0) is 42.8 Å². The first-order valence-electron chi connectivity index (χ1n) is 7.90. The van der Waals surface area contributed by atoms with Gasteiger partial charge in [0.1, 0.15) is 22.8 Å². The number of nitrogens with zero attached hydrogens (tertiary/aromatic N) is 3. The van der Waals surface area contributed by atoms with Gasteiger partial charge in [-0.25, -0.2) is 18.4 Å². The summed E-state index contributed by atoms with van der Waals surface area (Å²) < 4.78 is 28.6. The molecule has 3 aromatic rings. The molecule has 7 heteroatoms. The van der Waals surface area contributed by atoms with Crippen molar-refractivity contribution in [1.82, 2.24) is 9.66 Å². The van der Waals surface area contributed by atoms with Crippen molar-refractivity contribution in [2.24, 2.45) is 5.73 Å². The number of hydrogen-bond donors (Lipinski definition) is 1. The summed E-state index contributed by atoms with van der Waals surface area (Å²) in [6, 6.07) is 9.39. The molecule has 1 aromatic heterocycles. The molecule has 0 spiro atoms. The second-order valence-electron chi connectivity index (χ2n) is 5.74. The first-order valence-corrected chi connectivity index (χ1v) is 7.90. The summed E-state index contributed by atoms with van der Waals surface area (Å²) in [5.41, 5.74) is 6.37. The van der Waals surface area contributed by atoms with E-state index >= 15 is 0 Å². The molecule has 2 aromatic carbocycles. The lowest BCUT2D eigenvalue weighted by Gasteiger charge is -2.26. The molecule has 1 atom stereocenters. The molecule has 0 saturated heterocycles. The topological polar surface area (TPSA) is 64.1 Å². The SMILES string of the molecule is CC[C@H](N)c1nc2cccc(F)c2c(=O)n1N(C)c1ccc(F)cc1. The van der Waals surface area contributed by atoms with Crippen LogP contribution in [0.3, 0.4) is 0 Å². The van der Waals surface area contributed by atoms with Crippen LogP contribution in [0.1, 0.15) is 25.2 Å². The second kappa shape index (κ2) is 6.60. The minimum absolute atomic E-state index is 0.108. The number of fused-ring (bicyclic) bond motifs is 1. The minimum Gasteiger partial charge on any atom is -0.321 e. The van der Waals surface area contributed by atoms with E-state index in [1.165, 1.54) is 46.1 Å². The maximum absolute atomic E-state index is 14.2. The molecule has 0 saturated carbocycles. The third-order valence-electron chi connectivity index (χ3n) is 4.12. The number of nitrogens with two attached hydrogens (primary N) is 1. The van der Waals surface area contributed by atoms with E-state index < -0.39 is 23.2 Å². The van der Waals surface area contributed by atoms with E-state index in [4.69, 9.17) is 5.73 Å². The van der Waals surface area contributed by atoms with Gasteiger partial charge in [-0.2, -0.15) is 0 Å². The first-order chi connectivity index (χ1) is 11.9. The average molecular weight is 344 g/mol. The van der Waals surface area contributed by atoms with Crippen LogP contribution in [-0.4, -0.2) is 16.7 Å². The van der Waals surface area contributed by atoms with Crippen LogP contribution in [0.15, 0.2) is 47.3 Å². The van der Waals surface area contributed by atoms with Crippen LogP contribution >= 0.6 is 0 Å². The third kappa shape index (κ3) is 2.98. The Labute approximate surface area is 143 Å². The Morgan fingerprint density at radius 1 is 1.20 bits per heavy atom. The Morgan fingerprint density at radius 3 is 2.52 bits per heavy atom. The molecule has 0 aliphatic carbocycles. The third-order valence-corrected chi connectivity index (χ3v) is 4.12. The first kappa shape index (κ1) is 17.0. The summed E-state index contributed by atoms with van der Waals surface area (Å²) in [6.07, 6.45) is 0.546. The highest BCUT2D eigenvalue weighted by molar-refractivity contribution is 5.78. The second-order valence-corrected chi connectivity index (χ2v) is 5.74. The predicted octanol–water partition coefficient (Wildman–Crippen LogP) is 2.98. The van der Waals surface area contributed by atoms with Crippen LogP contribution in [0.25, 0.3) is 10.9 Å². The van der Waals surface area contributed by atoms with Crippen LogP contribution in [0, 0.1) is 11.6 Å². The largest absolute Gasteiger partial charge is 0.321 e. The maximum Gasteiger partial charge on any atom is 0.283 e. The molecule has 0 radical (unpaired) electrons. The van der Waals surface area contributed by atoms with Gasteiger partial charge in [-0.1, -0.05) is 13.0 Å². The van der Waals surface area contributed by atoms with E-state index in [9.17, 15) is 13.6 Å². The molecule has 1 heterocycles. The van der Waals surface area contributed by atoms with Crippen LogP contribution in [0.5, 0.6) is 0 Å². The van der Waals surface area contributed by atoms with E-state index in [1.54, 1.807) is 13.1 Å². The highest BCUT2D eigenvalue weighted by Gasteiger charge is 2.21. The van der Waals surface area contributed by atoms with Crippen LogP contribution in [0.2, 0.25) is 0 Å². The summed E-state index contributed by atoms with van der Waals surface area (Å²) in [5.74, 6) is -0.719. The summed E-state index contributed by atoms with van der Waals surface area (Å²) >= 11 is 0. The summed E-state index contributed by atoms with van der Waals surface area (Å²) in [6.45, 7) is 1.87. The molecule has 0 unspecified atom stereocenters. The van der Waals surface area contributed by atoms with Crippen molar-refractivity contribution in [3.8, 4) is 0 Å². The zero-order valence-corrected chi connectivity index (χ0v) is 13.9. The number of benzene rings is 2. The highest BCUT2D eigenvalue weighted by atomic mass is 19.1. The normalized spacial score (nSPS) is 12.4. The fourth-order valence-corrected chi connectivity index (χ4v) is 2.68. The average Bonchev–Trinajstić information content (AvgIpc) is 2.60. The van der Waals surface area contributed by atoms with E-state index in [2.05, 4.69) is 4.98 Å². The fraction of sp³-hybridized carbons (Fsp3) is 0.222. The molecule has 5 nitrogen and oxygen atoms in total. The maximum atomic E-state index is 14.2. The lowest BCUT2D eigenvalue weighted by molar-refractivity contribution is 0.567. The summed E-state index contributed by atoms with van der Waals surface area (Å²) in [4.78, 5) is 17.4. The van der Waals surface area contributed by atoms with Gasteiger partial charge >= 0.3 is 0 Å². The lowest BCUT2D eigenvalue weighted by Crippen LogP contribution is -2.41. The molecule has 0 aliphatic rings. The van der Waals surface area contributed by atoms with E-state index in [1.807, 2.05) is 6.92 Å². The van der Waals surface area contributed by atoms with Crippen molar-refractivity contribution in [2.45, 2.75) is 19.4 Å². The van der Waals surface area contributed by atoms with Gasteiger partial charge in [0.15, 0.2) is 0 Å². The van der Waals surface area contributed by atoms with Crippen molar-refractivity contribution in [2.75, 3.05) is 12.1 Å². The molecular weight excluding hydrogens is 326 g/mol. The van der Waals surface area contributed by atoms with E-state index in [-0.39, 0.29) is 10.9 Å². The number of anilines is 1. The zero-order chi connectivity index (χ0) is 18.1. The van der Waals surface area contributed by atoms with Crippen molar-refractivity contribution in [3.63, 3.8) is 0 Å². The summed E-state index contributed by atoms with van der Waals surface area (Å²) in [5, 5.41) is 1.38. The Morgan fingerprint density at radius 2 is 1.88 bits per heavy atom. The quantitative estimate of drug-likeness (QED) is 0.790. The van der Waals surface area contributed by atoms with Crippen LogP contribution in [0.4, 0.5) is 14.5 Å². The van der Waals surface area contributed by atoms with Crippen LogP contribution < -0.4 is 16.3 Å². The molecule has 0 amide bonds. The Bertz CT molecular complexity index is 969. The standard InChI is InChI=1S/C18H18F2N4O/c1-3-14(21)17-22-15-6-4-5-13(20)16(15)18(25)24(17)23(2)12-9-7-11(19)8-10-12/h4-10,14H,3,21H2,1-2H3/t14-/m0/s1. The number of rotatable bonds is 4. The van der Waals surface area contributed by atoms with Gasteiger partial charge in [0.05, 0.1) is 17.2 Å². The fourth-order valence-electron chi connectivity index (χ4n) is 2.68. The highest BCUT2D eigenvalue weighted by Crippen LogP contribution is 2.20. The molecule has 3 rings (SSSR count). The van der Waals surface area contributed by atoms with Crippen molar-refractivity contribution < 1.29 is 8.78 Å². The van der Waals surface area contributed by atoms with Gasteiger partial charge < -0.3 is 5.73 Å². The molecule has 0 bridgehead atoms. The smallest absolute Gasteiger partial charge is 0.283 e. The Kier molecular flexibility index (Phi) is 4.50. The van der Waals surface area contributed by atoms with Gasteiger partial charge in [-0.3, -0.25) is 9.80 Å². The Balaban J connectivity index is 2.31. The molecule has 130 valence electrons. The Hall–Kier alpha value is -2.80. The van der Waals surface area contributed by atoms with Gasteiger partial charge in [0, 0.05) is 7.05 Å². The van der Waals surface area contributed by atoms with Crippen molar-refractivity contribution in [3.05, 3.63) is 70.3 Å². The molecule has 0 aliphatic heterocycles. The zero-order valence-electron chi connectivity index (χ0n) is 13.9. The minimum atomic E-state index is -0.645. The predicted molar refractivity (Wildman–Crippen MR) is 93.4 cm³/mol. The molecule has 25 heavy (non-hydrogen) atoms. The van der Waals surface area contributed by atoms with Crippen molar-refractivity contribution >= 4 is 16.6 Å². The molecule has 0 fully saturated rings. The number of hydrogen-bond acceptors (Lipinski definition) is 4. The summed E-state index contributed by atoms with van der Waals surface area (Å²) in [7, 11) is 1.62. The van der Waals surface area contributed by atoms with Gasteiger partial charge in [0.2, 0.25) is 0 Å². The van der Waals surface area contributed by atoms with Gasteiger partial charge in [0.25, 0.3) is 5.56 Å². The number of aromatic nitrogens is 2.